The third kappa shape index (κ3) is 5.25. The Morgan fingerprint density at radius 2 is 2.19 bits per heavy atom. The summed E-state index contributed by atoms with van der Waals surface area (Å²) in [5, 5.41) is 3.01. The van der Waals surface area contributed by atoms with E-state index >= 15 is 0 Å². The molecule has 0 saturated carbocycles. The molecule has 1 aromatic rings. The molecule has 0 bridgehead atoms. The van der Waals surface area contributed by atoms with Crippen molar-refractivity contribution in [2.24, 2.45) is 5.92 Å². The standard InChI is InChI=1S/C18H25NO2/c1-14-8-9-17(15(2)12-14)21-11-10-18(20)19-13-16-6-4-3-5-7-16/h3-4,8-9,12,16H,5-7,10-11,13H2,1-2H3,(H,19,20). The monoisotopic (exact) mass is 287 g/mol. The molecule has 1 N–H and O–H groups in total. The van der Waals surface area contributed by atoms with Crippen LogP contribution in [0.5, 0.6) is 5.75 Å². The van der Waals surface area contributed by atoms with Crippen LogP contribution in [0.4, 0.5) is 0 Å². The molecule has 1 aromatic carbocycles. The van der Waals surface area contributed by atoms with Crippen molar-refractivity contribution >= 4 is 5.91 Å². The predicted molar refractivity (Wildman–Crippen MR) is 85.5 cm³/mol. The molecule has 0 aliphatic heterocycles. The fourth-order valence-corrected chi connectivity index (χ4v) is 2.60. The minimum atomic E-state index is 0.0781. The fraction of sp³-hybridized carbons (Fsp3) is 0.500. The molecule has 0 spiro atoms. The zero-order valence-corrected chi connectivity index (χ0v) is 13.0. The van der Waals surface area contributed by atoms with Gasteiger partial charge in [-0.05, 0) is 50.7 Å². The molecule has 3 heteroatoms. The first kappa shape index (κ1) is 15.6. The van der Waals surface area contributed by atoms with Crippen molar-refractivity contribution in [3.05, 3.63) is 41.5 Å². The number of benzene rings is 1. The number of hydrogen-bond donors (Lipinski definition) is 1. The summed E-state index contributed by atoms with van der Waals surface area (Å²) in [5.74, 6) is 1.54. The van der Waals surface area contributed by atoms with E-state index < -0.39 is 0 Å². The highest BCUT2D eigenvalue weighted by Gasteiger charge is 2.11. The number of nitrogens with one attached hydrogen (secondary N) is 1. The molecule has 1 unspecified atom stereocenters. The number of amides is 1. The first-order valence-electron chi connectivity index (χ1n) is 7.77. The Kier molecular flexibility index (Phi) is 5.85. The van der Waals surface area contributed by atoms with E-state index in [1.54, 1.807) is 0 Å². The van der Waals surface area contributed by atoms with Crippen molar-refractivity contribution in [1.82, 2.24) is 5.32 Å². The molecule has 0 saturated heterocycles. The lowest BCUT2D eigenvalue weighted by molar-refractivity contribution is -0.121. The van der Waals surface area contributed by atoms with Gasteiger partial charge < -0.3 is 10.1 Å². The van der Waals surface area contributed by atoms with Gasteiger partial charge in [-0.15, -0.1) is 0 Å². The number of aryl methyl sites for hydroxylation is 2. The van der Waals surface area contributed by atoms with Crippen LogP contribution < -0.4 is 10.1 Å². The summed E-state index contributed by atoms with van der Waals surface area (Å²) in [6, 6.07) is 6.09. The van der Waals surface area contributed by atoms with Gasteiger partial charge in [-0.1, -0.05) is 29.8 Å². The van der Waals surface area contributed by atoms with Gasteiger partial charge in [0, 0.05) is 6.54 Å². The van der Waals surface area contributed by atoms with Crippen LogP contribution in [0.25, 0.3) is 0 Å². The average molecular weight is 287 g/mol. The maximum absolute atomic E-state index is 11.8. The lowest BCUT2D eigenvalue weighted by atomic mass is 9.94. The molecule has 0 aromatic heterocycles. The Morgan fingerprint density at radius 1 is 1.33 bits per heavy atom. The first-order valence-corrected chi connectivity index (χ1v) is 7.77. The van der Waals surface area contributed by atoms with Crippen LogP contribution in [0.3, 0.4) is 0 Å². The van der Waals surface area contributed by atoms with Crippen LogP contribution in [-0.2, 0) is 4.79 Å². The molecule has 0 heterocycles. The lowest BCUT2D eigenvalue weighted by Crippen LogP contribution is -2.30. The van der Waals surface area contributed by atoms with Crippen molar-refractivity contribution in [3.63, 3.8) is 0 Å². The van der Waals surface area contributed by atoms with E-state index in [2.05, 4.69) is 30.5 Å². The second-order valence-electron chi connectivity index (χ2n) is 5.82. The molecule has 1 amide bonds. The van der Waals surface area contributed by atoms with E-state index in [9.17, 15) is 4.79 Å². The van der Waals surface area contributed by atoms with E-state index in [0.717, 1.165) is 30.7 Å². The van der Waals surface area contributed by atoms with Crippen molar-refractivity contribution in [1.29, 1.82) is 0 Å². The van der Waals surface area contributed by atoms with Gasteiger partial charge in [0.05, 0.1) is 13.0 Å². The summed E-state index contributed by atoms with van der Waals surface area (Å²) in [6.45, 7) is 5.30. The molecular formula is C18H25NO2. The molecule has 1 atom stereocenters. The van der Waals surface area contributed by atoms with Crippen LogP contribution in [0, 0.1) is 19.8 Å². The van der Waals surface area contributed by atoms with Gasteiger partial charge in [0.1, 0.15) is 5.75 Å². The summed E-state index contributed by atoms with van der Waals surface area (Å²) < 4.78 is 5.68. The van der Waals surface area contributed by atoms with Gasteiger partial charge in [0.25, 0.3) is 0 Å². The van der Waals surface area contributed by atoms with Crippen LogP contribution >= 0.6 is 0 Å². The smallest absolute Gasteiger partial charge is 0.223 e. The maximum atomic E-state index is 11.8. The predicted octanol–water partition coefficient (Wildman–Crippen LogP) is 3.54. The normalized spacial score (nSPS) is 17.5. The number of carbonyl (C=O) groups is 1. The van der Waals surface area contributed by atoms with Crippen LogP contribution in [0.1, 0.15) is 36.8 Å². The molecular weight excluding hydrogens is 262 g/mol. The topological polar surface area (TPSA) is 38.3 Å². The number of ether oxygens (including phenoxy) is 1. The molecule has 1 aliphatic rings. The fourth-order valence-electron chi connectivity index (χ4n) is 2.60. The zero-order valence-electron chi connectivity index (χ0n) is 13.0. The van der Waals surface area contributed by atoms with Gasteiger partial charge in [0.2, 0.25) is 5.91 Å². The minimum absolute atomic E-state index is 0.0781. The number of rotatable bonds is 6. The van der Waals surface area contributed by atoms with Gasteiger partial charge in [-0.2, -0.15) is 0 Å². The Labute approximate surface area is 127 Å². The van der Waals surface area contributed by atoms with E-state index in [4.69, 9.17) is 4.74 Å². The Bertz CT molecular complexity index is 508. The van der Waals surface area contributed by atoms with E-state index in [-0.39, 0.29) is 5.91 Å². The molecule has 1 aliphatic carbocycles. The second-order valence-corrected chi connectivity index (χ2v) is 5.82. The molecule has 0 fully saturated rings. The van der Waals surface area contributed by atoms with Crippen molar-refractivity contribution in [2.45, 2.75) is 39.5 Å². The summed E-state index contributed by atoms with van der Waals surface area (Å²) in [7, 11) is 0. The molecule has 2 rings (SSSR count). The minimum Gasteiger partial charge on any atom is -0.493 e. The molecule has 3 nitrogen and oxygen atoms in total. The van der Waals surface area contributed by atoms with E-state index in [0.29, 0.717) is 18.9 Å². The Hall–Kier alpha value is -1.77. The van der Waals surface area contributed by atoms with Crippen LogP contribution in [-0.4, -0.2) is 19.1 Å². The average Bonchev–Trinajstić information content (AvgIpc) is 2.48. The van der Waals surface area contributed by atoms with Crippen molar-refractivity contribution in [2.75, 3.05) is 13.2 Å². The highest BCUT2D eigenvalue weighted by Crippen LogP contribution is 2.19. The Morgan fingerprint density at radius 3 is 2.90 bits per heavy atom. The summed E-state index contributed by atoms with van der Waals surface area (Å²) in [4.78, 5) is 11.8. The van der Waals surface area contributed by atoms with E-state index in [1.807, 2.05) is 19.1 Å². The summed E-state index contributed by atoms with van der Waals surface area (Å²) >= 11 is 0. The van der Waals surface area contributed by atoms with Gasteiger partial charge >= 0.3 is 0 Å². The third-order valence-corrected chi connectivity index (χ3v) is 3.88. The SMILES string of the molecule is Cc1ccc(OCCC(=O)NCC2CC=CCC2)c(C)c1. The Balaban J connectivity index is 1.65. The maximum Gasteiger partial charge on any atom is 0.223 e. The largest absolute Gasteiger partial charge is 0.493 e. The van der Waals surface area contributed by atoms with Gasteiger partial charge in [0.15, 0.2) is 0 Å². The molecule has 114 valence electrons. The highest BCUT2D eigenvalue weighted by atomic mass is 16.5. The molecule has 21 heavy (non-hydrogen) atoms. The van der Waals surface area contributed by atoms with Crippen LogP contribution in [0.15, 0.2) is 30.4 Å². The number of allylic oxidation sites excluding steroid dienone is 2. The third-order valence-electron chi connectivity index (χ3n) is 3.88. The summed E-state index contributed by atoms with van der Waals surface area (Å²) in [5.41, 5.74) is 2.34. The van der Waals surface area contributed by atoms with Gasteiger partial charge in [-0.25, -0.2) is 0 Å². The van der Waals surface area contributed by atoms with Crippen LogP contribution in [0.2, 0.25) is 0 Å². The second kappa shape index (κ2) is 7.87. The number of carbonyl (C=O) groups excluding carboxylic acids is 1. The van der Waals surface area contributed by atoms with E-state index in [1.165, 1.54) is 12.0 Å². The molecule has 0 radical (unpaired) electrons. The highest BCUT2D eigenvalue weighted by molar-refractivity contribution is 5.76. The van der Waals surface area contributed by atoms with Gasteiger partial charge in [-0.3, -0.25) is 4.79 Å². The first-order chi connectivity index (χ1) is 10.1. The lowest BCUT2D eigenvalue weighted by Gasteiger charge is -2.18. The number of hydrogen-bond acceptors (Lipinski definition) is 2. The summed E-state index contributed by atoms with van der Waals surface area (Å²) in [6.07, 6.45) is 8.24. The van der Waals surface area contributed by atoms with Crippen molar-refractivity contribution in [3.8, 4) is 5.75 Å². The zero-order chi connectivity index (χ0) is 15.1. The quantitative estimate of drug-likeness (QED) is 0.813. The van der Waals surface area contributed by atoms with Crippen molar-refractivity contribution < 1.29 is 9.53 Å².